The summed E-state index contributed by atoms with van der Waals surface area (Å²) in [5.41, 5.74) is 0.658. The van der Waals surface area contributed by atoms with Gasteiger partial charge in [-0.15, -0.1) is 0 Å². The average molecular weight is 387 g/mol. The van der Waals surface area contributed by atoms with Gasteiger partial charge in [0, 0.05) is 17.0 Å². The molecule has 4 nitrogen and oxygen atoms in total. The fraction of sp³-hybridized carbons (Fsp3) is 0.0769. The van der Waals surface area contributed by atoms with Gasteiger partial charge in [0.2, 0.25) is 0 Å². The second-order valence-corrected chi connectivity index (χ2v) is 5.13. The SMILES string of the molecule is O=[N+]([O-])c1ccc(Oc2ccccc2Br)cc1CBr. The quantitative estimate of drug-likeness (QED) is 0.420. The van der Waals surface area contributed by atoms with E-state index in [4.69, 9.17) is 4.74 Å². The summed E-state index contributed by atoms with van der Waals surface area (Å²) in [5, 5.41) is 11.2. The molecule has 98 valence electrons. The summed E-state index contributed by atoms with van der Waals surface area (Å²) in [5.74, 6) is 1.23. The summed E-state index contributed by atoms with van der Waals surface area (Å²) in [4.78, 5) is 10.4. The lowest BCUT2D eigenvalue weighted by atomic mass is 10.2. The molecule has 0 aliphatic rings. The third kappa shape index (κ3) is 3.33. The first-order chi connectivity index (χ1) is 9.11. The summed E-state index contributed by atoms with van der Waals surface area (Å²) in [6.45, 7) is 0. The molecule has 0 bridgehead atoms. The minimum Gasteiger partial charge on any atom is -0.456 e. The van der Waals surface area contributed by atoms with Gasteiger partial charge in [-0.05, 0) is 40.2 Å². The predicted molar refractivity (Wildman–Crippen MR) is 79.9 cm³/mol. The van der Waals surface area contributed by atoms with Crippen LogP contribution >= 0.6 is 31.9 Å². The Bertz CT molecular complexity index is 617. The maximum atomic E-state index is 10.8. The van der Waals surface area contributed by atoms with Gasteiger partial charge in [-0.2, -0.15) is 0 Å². The summed E-state index contributed by atoms with van der Waals surface area (Å²) in [6, 6.07) is 12.1. The highest BCUT2D eigenvalue weighted by atomic mass is 79.9. The molecule has 0 atom stereocenters. The Morgan fingerprint density at radius 3 is 2.58 bits per heavy atom. The zero-order valence-corrected chi connectivity index (χ0v) is 12.8. The zero-order chi connectivity index (χ0) is 13.8. The number of hydrogen-bond acceptors (Lipinski definition) is 3. The first-order valence-corrected chi connectivity index (χ1v) is 7.29. The largest absolute Gasteiger partial charge is 0.456 e. The molecule has 0 aliphatic carbocycles. The van der Waals surface area contributed by atoms with Gasteiger partial charge < -0.3 is 4.74 Å². The van der Waals surface area contributed by atoms with E-state index in [0.717, 1.165) is 4.47 Å². The van der Waals surface area contributed by atoms with Crippen molar-refractivity contribution in [2.24, 2.45) is 0 Å². The van der Waals surface area contributed by atoms with Crippen LogP contribution in [0.3, 0.4) is 0 Å². The molecule has 0 spiro atoms. The van der Waals surface area contributed by atoms with Crippen molar-refractivity contribution in [3.63, 3.8) is 0 Å². The molecule has 0 saturated heterocycles. The standard InChI is InChI=1S/C13H9Br2NO3/c14-8-9-7-10(5-6-12(9)16(17)18)19-13-4-2-1-3-11(13)15/h1-7H,8H2. The number of para-hydroxylation sites is 1. The van der Waals surface area contributed by atoms with E-state index in [1.807, 2.05) is 24.3 Å². The number of nitro groups is 1. The van der Waals surface area contributed by atoms with Crippen LogP contribution in [0.25, 0.3) is 0 Å². The van der Waals surface area contributed by atoms with E-state index in [1.54, 1.807) is 12.1 Å². The molecule has 0 saturated carbocycles. The van der Waals surface area contributed by atoms with Crippen LogP contribution < -0.4 is 4.74 Å². The highest BCUT2D eigenvalue weighted by Crippen LogP contribution is 2.32. The molecule has 0 aromatic heterocycles. The van der Waals surface area contributed by atoms with Crippen LogP contribution in [-0.4, -0.2) is 4.92 Å². The molecule has 0 aliphatic heterocycles. The Hall–Kier alpha value is -1.40. The summed E-state index contributed by atoms with van der Waals surface area (Å²) in [7, 11) is 0. The number of benzene rings is 2. The van der Waals surface area contributed by atoms with E-state index in [9.17, 15) is 10.1 Å². The van der Waals surface area contributed by atoms with Crippen LogP contribution in [0, 0.1) is 10.1 Å². The minimum absolute atomic E-state index is 0.0800. The van der Waals surface area contributed by atoms with Gasteiger partial charge >= 0.3 is 0 Å². The summed E-state index contributed by atoms with van der Waals surface area (Å²) in [6.07, 6.45) is 0. The Kier molecular flexibility index (Phi) is 4.55. The first kappa shape index (κ1) is 14.0. The van der Waals surface area contributed by atoms with Gasteiger partial charge in [0.1, 0.15) is 11.5 Å². The monoisotopic (exact) mass is 385 g/mol. The van der Waals surface area contributed by atoms with E-state index in [0.29, 0.717) is 22.4 Å². The topological polar surface area (TPSA) is 52.4 Å². The lowest BCUT2D eigenvalue weighted by molar-refractivity contribution is -0.385. The van der Waals surface area contributed by atoms with E-state index in [1.165, 1.54) is 6.07 Å². The van der Waals surface area contributed by atoms with Gasteiger partial charge in [0.25, 0.3) is 5.69 Å². The zero-order valence-electron chi connectivity index (χ0n) is 9.68. The van der Waals surface area contributed by atoms with Gasteiger partial charge in [-0.25, -0.2) is 0 Å². The Labute approximate surface area is 126 Å². The van der Waals surface area contributed by atoms with Crippen LogP contribution in [0.15, 0.2) is 46.9 Å². The molecule has 0 unspecified atom stereocenters. The van der Waals surface area contributed by atoms with Gasteiger partial charge in [-0.1, -0.05) is 28.1 Å². The normalized spacial score (nSPS) is 10.2. The highest BCUT2D eigenvalue weighted by molar-refractivity contribution is 9.10. The third-order valence-corrected chi connectivity index (χ3v) is 3.72. The summed E-state index contributed by atoms with van der Waals surface area (Å²) < 4.78 is 6.52. The molecule has 0 amide bonds. The number of alkyl halides is 1. The molecule has 0 radical (unpaired) electrons. The fourth-order valence-corrected chi connectivity index (χ4v) is 2.38. The van der Waals surface area contributed by atoms with Crippen molar-refractivity contribution in [3.05, 3.63) is 62.6 Å². The molecule has 2 aromatic rings. The van der Waals surface area contributed by atoms with Crippen LogP contribution in [0.2, 0.25) is 0 Å². The number of ether oxygens (including phenoxy) is 1. The maximum Gasteiger partial charge on any atom is 0.273 e. The van der Waals surface area contributed by atoms with Gasteiger partial charge in [-0.3, -0.25) is 10.1 Å². The maximum absolute atomic E-state index is 10.8. The van der Waals surface area contributed by atoms with Gasteiger partial charge in [0.15, 0.2) is 0 Å². The molecular weight excluding hydrogens is 378 g/mol. The van der Waals surface area contributed by atoms with Crippen LogP contribution in [0.4, 0.5) is 5.69 Å². The van der Waals surface area contributed by atoms with Crippen molar-refractivity contribution in [2.75, 3.05) is 0 Å². The second-order valence-electron chi connectivity index (χ2n) is 3.71. The molecule has 19 heavy (non-hydrogen) atoms. The molecular formula is C13H9Br2NO3. The van der Waals surface area contributed by atoms with Crippen LogP contribution in [0.1, 0.15) is 5.56 Å². The molecule has 0 N–H and O–H groups in total. The van der Waals surface area contributed by atoms with E-state index in [2.05, 4.69) is 31.9 Å². The first-order valence-electron chi connectivity index (χ1n) is 5.37. The Morgan fingerprint density at radius 1 is 1.21 bits per heavy atom. The number of halogens is 2. The number of nitro benzene ring substituents is 1. The van der Waals surface area contributed by atoms with E-state index < -0.39 is 4.92 Å². The van der Waals surface area contributed by atoms with Crippen molar-refractivity contribution in [1.29, 1.82) is 0 Å². The van der Waals surface area contributed by atoms with Crippen molar-refractivity contribution < 1.29 is 9.66 Å². The fourth-order valence-electron chi connectivity index (χ4n) is 1.56. The summed E-state index contributed by atoms with van der Waals surface area (Å²) >= 11 is 6.63. The Balaban J connectivity index is 2.32. The second kappa shape index (κ2) is 6.16. The van der Waals surface area contributed by atoms with E-state index in [-0.39, 0.29) is 5.69 Å². The highest BCUT2D eigenvalue weighted by Gasteiger charge is 2.14. The average Bonchev–Trinajstić information content (AvgIpc) is 2.41. The molecule has 6 heteroatoms. The molecule has 0 fully saturated rings. The Morgan fingerprint density at radius 2 is 1.95 bits per heavy atom. The molecule has 2 aromatic carbocycles. The van der Waals surface area contributed by atoms with E-state index >= 15 is 0 Å². The van der Waals surface area contributed by atoms with Crippen molar-refractivity contribution in [1.82, 2.24) is 0 Å². The van der Waals surface area contributed by atoms with Crippen LogP contribution in [-0.2, 0) is 5.33 Å². The van der Waals surface area contributed by atoms with Crippen molar-refractivity contribution in [3.8, 4) is 11.5 Å². The van der Waals surface area contributed by atoms with Crippen LogP contribution in [0.5, 0.6) is 11.5 Å². The number of nitrogens with zero attached hydrogens (tertiary/aromatic N) is 1. The number of hydrogen-bond donors (Lipinski definition) is 0. The molecule has 0 heterocycles. The smallest absolute Gasteiger partial charge is 0.273 e. The molecule has 2 rings (SSSR count). The minimum atomic E-state index is -0.404. The van der Waals surface area contributed by atoms with Crippen molar-refractivity contribution in [2.45, 2.75) is 5.33 Å². The van der Waals surface area contributed by atoms with Crippen molar-refractivity contribution >= 4 is 37.5 Å². The third-order valence-electron chi connectivity index (χ3n) is 2.46. The van der Waals surface area contributed by atoms with Gasteiger partial charge in [0.05, 0.1) is 9.40 Å². The lowest BCUT2D eigenvalue weighted by Gasteiger charge is -2.08. The lowest BCUT2D eigenvalue weighted by Crippen LogP contribution is -1.94. The number of rotatable bonds is 4. The predicted octanol–water partition coefficient (Wildman–Crippen LogP) is 5.04.